The van der Waals surface area contributed by atoms with Crippen LogP contribution in [-0.4, -0.2) is 5.11 Å². The molecule has 0 aromatic heterocycles. The standard InChI is InChI=1S/C10H9Cl3O/c1-10(14,8(11)9(12)13)7-5-3-2-4-6-7/h2-6,14H,1H3. The third-order valence-electron chi connectivity index (χ3n) is 1.93. The quantitative estimate of drug-likeness (QED) is 0.848. The lowest BCUT2D eigenvalue weighted by Gasteiger charge is -2.23. The first-order valence-electron chi connectivity index (χ1n) is 3.95. The van der Waals surface area contributed by atoms with Crippen molar-refractivity contribution in [3.63, 3.8) is 0 Å². The van der Waals surface area contributed by atoms with Crippen molar-refractivity contribution in [3.05, 3.63) is 45.4 Å². The lowest BCUT2D eigenvalue weighted by atomic mass is 9.96. The van der Waals surface area contributed by atoms with Crippen LogP contribution in [0.25, 0.3) is 0 Å². The zero-order chi connectivity index (χ0) is 10.8. The summed E-state index contributed by atoms with van der Waals surface area (Å²) in [5.41, 5.74) is -0.703. The van der Waals surface area contributed by atoms with Crippen LogP contribution in [0.4, 0.5) is 0 Å². The lowest BCUT2D eigenvalue weighted by Crippen LogP contribution is -2.21. The summed E-state index contributed by atoms with van der Waals surface area (Å²) in [5.74, 6) is 0. The molecule has 0 fully saturated rings. The smallest absolute Gasteiger partial charge is 0.125 e. The first kappa shape index (κ1) is 11.9. The summed E-state index contributed by atoms with van der Waals surface area (Å²) in [4.78, 5) is 0. The predicted octanol–water partition coefficient (Wildman–Crippen LogP) is 3.78. The van der Waals surface area contributed by atoms with Crippen molar-refractivity contribution in [2.24, 2.45) is 0 Å². The zero-order valence-electron chi connectivity index (χ0n) is 7.47. The molecule has 0 saturated carbocycles. The Morgan fingerprint density at radius 2 is 1.64 bits per heavy atom. The lowest BCUT2D eigenvalue weighted by molar-refractivity contribution is 0.106. The molecule has 0 amide bonds. The fourth-order valence-electron chi connectivity index (χ4n) is 1.07. The fourth-order valence-corrected chi connectivity index (χ4v) is 1.55. The molecular formula is C10H9Cl3O. The summed E-state index contributed by atoms with van der Waals surface area (Å²) in [6, 6.07) is 8.95. The second-order valence-corrected chi connectivity index (χ2v) is 4.34. The molecule has 14 heavy (non-hydrogen) atoms. The van der Waals surface area contributed by atoms with E-state index in [4.69, 9.17) is 34.8 Å². The van der Waals surface area contributed by atoms with E-state index in [0.29, 0.717) is 5.56 Å². The molecule has 0 bridgehead atoms. The van der Waals surface area contributed by atoms with E-state index in [9.17, 15) is 5.11 Å². The van der Waals surface area contributed by atoms with Gasteiger partial charge in [0.1, 0.15) is 10.1 Å². The Labute approximate surface area is 97.9 Å². The molecule has 1 unspecified atom stereocenters. The number of halogens is 3. The van der Waals surface area contributed by atoms with Gasteiger partial charge >= 0.3 is 0 Å². The topological polar surface area (TPSA) is 20.2 Å². The predicted molar refractivity (Wildman–Crippen MR) is 60.6 cm³/mol. The Kier molecular flexibility index (Phi) is 3.85. The number of aliphatic hydroxyl groups is 1. The van der Waals surface area contributed by atoms with Gasteiger partial charge in [-0.1, -0.05) is 65.1 Å². The summed E-state index contributed by atoms with van der Waals surface area (Å²) in [6.45, 7) is 1.54. The molecule has 0 spiro atoms. The minimum absolute atomic E-state index is 0.0204. The van der Waals surface area contributed by atoms with Gasteiger partial charge < -0.3 is 5.11 Å². The van der Waals surface area contributed by atoms with Gasteiger partial charge in [0.05, 0.1) is 5.03 Å². The van der Waals surface area contributed by atoms with Crippen molar-refractivity contribution in [1.82, 2.24) is 0 Å². The second-order valence-electron chi connectivity index (χ2n) is 3.01. The van der Waals surface area contributed by atoms with Crippen LogP contribution < -0.4 is 0 Å². The van der Waals surface area contributed by atoms with Gasteiger partial charge in [0.25, 0.3) is 0 Å². The average Bonchev–Trinajstić information content (AvgIpc) is 2.18. The molecule has 76 valence electrons. The first-order valence-corrected chi connectivity index (χ1v) is 5.09. The molecule has 1 aromatic rings. The molecule has 4 heteroatoms. The van der Waals surface area contributed by atoms with Crippen LogP contribution in [0.1, 0.15) is 12.5 Å². The van der Waals surface area contributed by atoms with Gasteiger partial charge in [0.15, 0.2) is 0 Å². The minimum Gasteiger partial charge on any atom is -0.380 e. The SMILES string of the molecule is CC(O)(C(Cl)=C(Cl)Cl)c1ccccc1. The Hall–Kier alpha value is -0.210. The number of hydrogen-bond donors (Lipinski definition) is 1. The largest absolute Gasteiger partial charge is 0.380 e. The number of hydrogen-bond acceptors (Lipinski definition) is 1. The summed E-state index contributed by atoms with van der Waals surface area (Å²) in [6.07, 6.45) is 0. The van der Waals surface area contributed by atoms with Crippen molar-refractivity contribution in [2.45, 2.75) is 12.5 Å². The van der Waals surface area contributed by atoms with Crippen LogP contribution in [0.5, 0.6) is 0 Å². The minimum atomic E-state index is -1.35. The third-order valence-corrected chi connectivity index (χ3v) is 3.06. The maximum atomic E-state index is 10.1. The van der Waals surface area contributed by atoms with Crippen LogP contribution in [-0.2, 0) is 5.60 Å². The van der Waals surface area contributed by atoms with Crippen molar-refractivity contribution in [1.29, 1.82) is 0 Å². The van der Waals surface area contributed by atoms with Crippen LogP contribution in [0.2, 0.25) is 0 Å². The van der Waals surface area contributed by atoms with Gasteiger partial charge in [0, 0.05) is 0 Å². The van der Waals surface area contributed by atoms with Crippen LogP contribution in [0.15, 0.2) is 39.9 Å². The van der Waals surface area contributed by atoms with E-state index in [0.717, 1.165) is 0 Å². The van der Waals surface area contributed by atoms with Crippen molar-refractivity contribution in [3.8, 4) is 0 Å². The molecule has 1 nitrogen and oxygen atoms in total. The van der Waals surface area contributed by atoms with Crippen LogP contribution in [0.3, 0.4) is 0 Å². The number of rotatable bonds is 2. The third kappa shape index (κ3) is 2.43. The number of benzene rings is 1. The zero-order valence-corrected chi connectivity index (χ0v) is 9.74. The fraction of sp³-hybridized carbons (Fsp3) is 0.200. The van der Waals surface area contributed by atoms with E-state index in [-0.39, 0.29) is 9.52 Å². The van der Waals surface area contributed by atoms with Gasteiger partial charge in [-0.25, -0.2) is 0 Å². The molecule has 0 aliphatic heterocycles. The molecule has 0 aliphatic carbocycles. The molecule has 0 saturated heterocycles. The van der Waals surface area contributed by atoms with Gasteiger partial charge in [-0.3, -0.25) is 0 Å². The summed E-state index contributed by atoms with van der Waals surface area (Å²) < 4.78 is -0.125. The van der Waals surface area contributed by atoms with Gasteiger partial charge in [-0.2, -0.15) is 0 Å². The second kappa shape index (κ2) is 4.54. The van der Waals surface area contributed by atoms with E-state index in [2.05, 4.69) is 0 Å². The molecule has 0 aliphatic rings. The Balaban J connectivity index is 3.15. The van der Waals surface area contributed by atoms with Gasteiger partial charge in [-0.15, -0.1) is 0 Å². The molecule has 1 atom stereocenters. The van der Waals surface area contributed by atoms with Crippen LogP contribution in [0, 0.1) is 0 Å². The highest BCUT2D eigenvalue weighted by Crippen LogP contribution is 2.35. The Morgan fingerprint density at radius 1 is 1.14 bits per heavy atom. The molecule has 0 heterocycles. The molecule has 1 N–H and O–H groups in total. The normalized spacial score (nSPS) is 14.6. The Morgan fingerprint density at radius 3 is 2.07 bits per heavy atom. The molecule has 1 rings (SSSR count). The van der Waals surface area contributed by atoms with Gasteiger partial charge in [-0.05, 0) is 12.5 Å². The Bertz CT molecular complexity index is 340. The maximum absolute atomic E-state index is 10.1. The monoisotopic (exact) mass is 250 g/mol. The summed E-state index contributed by atoms with van der Waals surface area (Å²) >= 11 is 16.8. The highest BCUT2D eigenvalue weighted by atomic mass is 35.5. The highest BCUT2D eigenvalue weighted by Gasteiger charge is 2.28. The van der Waals surface area contributed by atoms with E-state index in [1.807, 2.05) is 6.07 Å². The van der Waals surface area contributed by atoms with E-state index in [1.165, 1.54) is 6.92 Å². The average molecular weight is 252 g/mol. The van der Waals surface area contributed by atoms with Gasteiger partial charge in [0.2, 0.25) is 0 Å². The maximum Gasteiger partial charge on any atom is 0.125 e. The van der Waals surface area contributed by atoms with Crippen LogP contribution >= 0.6 is 34.8 Å². The highest BCUT2D eigenvalue weighted by molar-refractivity contribution is 6.59. The molecule has 0 radical (unpaired) electrons. The van der Waals surface area contributed by atoms with E-state index in [1.54, 1.807) is 24.3 Å². The first-order chi connectivity index (χ1) is 6.46. The van der Waals surface area contributed by atoms with Crippen molar-refractivity contribution < 1.29 is 5.11 Å². The van der Waals surface area contributed by atoms with Crippen molar-refractivity contribution >= 4 is 34.8 Å². The van der Waals surface area contributed by atoms with Crippen molar-refractivity contribution in [2.75, 3.05) is 0 Å². The van der Waals surface area contributed by atoms with E-state index >= 15 is 0 Å². The molecule has 1 aromatic carbocycles. The summed E-state index contributed by atoms with van der Waals surface area (Å²) in [5, 5.41) is 10.1. The molecular weight excluding hydrogens is 242 g/mol. The van der Waals surface area contributed by atoms with E-state index < -0.39 is 5.60 Å². The summed E-state index contributed by atoms with van der Waals surface area (Å²) in [7, 11) is 0.